The Bertz CT molecular complexity index is 777. The fraction of sp³-hybridized carbons (Fsp3) is 0.312. The van der Waals surface area contributed by atoms with Crippen molar-refractivity contribution in [3.05, 3.63) is 41.8 Å². The average Bonchev–Trinajstić information content (AvgIpc) is 3.29. The smallest absolute Gasteiger partial charge is 0.320 e. The van der Waals surface area contributed by atoms with Crippen LogP contribution in [-0.4, -0.2) is 34.9 Å². The molecule has 0 aliphatic heterocycles. The second-order valence-electron chi connectivity index (χ2n) is 5.50. The molecule has 0 atom stereocenters. The number of aromatic nitrogens is 2. The highest BCUT2D eigenvalue weighted by atomic mass is 19.1. The molecule has 1 aromatic carbocycles. The molecule has 1 saturated carbocycles. The summed E-state index contributed by atoms with van der Waals surface area (Å²) in [6.45, 7) is 1.24. The number of hydrogen-bond acceptors (Lipinski definition) is 4. The van der Waals surface area contributed by atoms with Gasteiger partial charge in [0.25, 0.3) is 0 Å². The van der Waals surface area contributed by atoms with Crippen molar-refractivity contribution in [3.63, 3.8) is 0 Å². The SMILES string of the molecule is N#Cc1c(F)cccc1-n1ccc(NC(=O)NCCNC2CC2)n1. The molecule has 8 heteroatoms. The van der Waals surface area contributed by atoms with Crippen LogP contribution in [0.25, 0.3) is 5.69 Å². The van der Waals surface area contributed by atoms with Crippen molar-refractivity contribution in [1.82, 2.24) is 20.4 Å². The minimum Gasteiger partial charge on any atom is -0.337 e. The monoisotopic (exact) mass is 328 g/mol. The molecule has 2 aromatic rings. The Morgan fingerprint density at radius 3 is 2.96 bits per heavy atom. The van der Waals surface area contributed by atoms with Gasteiger partial charge in [-0.05, 0) is 25.0 Å². The quantitative estimate of drug-likeness (QED) is 0.704. The molecular weight excluding hydrogens is 311 g/mol. The van der Waals surface area contributed by atoms with Crippen LogP contribution in [0.3, 0.4) is 0 Å². The lowest BCUT2D eigenvalue weighted by atomic mass is 10.2. The van der Waals surface area contributed by atoms with Gasteiger partial charge in [0, 0.05) is 31.4 Å². The van der Waals surface area contributed by atoms with Gasteiger partial charge in [0.1, 0.15) is 17.4 Å². The average molecular weight is 328 g/mol. The predicted molar refractivity (Wildman–Crippen MR) is 86.3 cm³/mol. The first kappa shape index (κ1) is 16.0. The van der Waals surface area contributed by atoms with Gasteiger partial charge >= 0.3 is 6.03 Å². The van der Waals surface area contributed by atoms with E-state index < -0.39 is 5.82 Å². The minimum absolute atomic E-state index is 0.0947. The zero-order valence-electron chi connectivity index (χ0n) is 12.9. The second kappa shape index (κ2) is 7.10. The number of benzene rings is 1. The lowest BCUT2D eigenvalue weighted by Gasteiger charge is -2.07. The van der Waals surface area contributed by atoms with Crippen LogP contribution in [0.5, 0.6) is 0 Å². The number of carbonyl (C=O) groups is 1. The van der Waals surface area contributed by atoms with E-state index in [1.54, 1.807) is 18.3 Å². The number of carbonyl (C=O) groups excluding carboxylic acids is 1. The molecule has 0 saturated heterocycles. The molecule has 2 amide bonds. The van der Waals surface area contributed by atoms with E-state index in [4.69, 9.17) is 5.26 Å². The van der Waals surface area contributed by atoms with Crippen molar-refractivity contribution in [2.24, 2.45) is 0 Å². The summed E-state index contributed by atoms with van der Waals surface area (Å²) in [5.41, 5.74) is 0.224. The van der Waals surface area contributed by atoms with E-state index in [-0.39, 0.29) is 11.6 Å². The van der Waals surface area contributed by atoms with Crippen molar-refractivity contribution in [3.8, 4) is 11.8 Å². The summed E-state index contributed by atoms with van der Waals surface area (Å²) >= 11 is 0. The van der Waals surface area contributed by atoms with Crippen molar-refractivity contribution >= 4 is 11.8 Å². The van der Waals surface area contributed by atoms with Crippen LogP contribution >= 0.6 is 0 Å². The normalized spacial score (nSPS) is 13.3. The zero-order valence-corrected chi connectivity index (χ0v) is 12.9. The fourth-order valence-electron chi connectivity index (χ4n) is 2.24. The Morgan fingerprint density at radius 2 is 2.21 bits per heavy atom. The Hall–Kier alpha value is -2.92. The van der Waals surface area contributed by atoms with Crippen LogP contribution < -0.4 is 16.0 Å². The van der Waals surface area contributed by atoms with Crippen molar-refractivity contribution < 1.29 is 9.18 Å². The number of nitrogens with zero attached hydrogens (tertiary/aromatic N) is 3. The van der Waals surface area contributed by atoms with E-state index in [9.17, 15) is 9.18 Å². The maximum atomic E-state index is 13.6. The lowest BCUT2D eigenvalue weighted by Crippen LogP contribution is -2.35. The summed E-state index contributed by atoms with van der Waals surface area (Å²) < 4.78 is 15.0. The zero-order chi connectivity index (χ0) is 16.9. The van der Waals surface area contributed by atoms with Crippen LogP contribution in [0.1, 0.15) is 18.4 Å². The number of anilines is 1. The molecule has 3 rings (SSSR count). The number of rotatable bonds is 6. The maximum absolute atomic E-state index is 13.6. The summed E-state index contributed by atoms with van der Waals surface area (Å²) in [5, 5.41) is 21.8. The first-order valence-corrected chi connectivity index (χ1v) is 7.70. The number of nitriles is 1. The molecule has 24 heavy (non-hydrogen) atoms. The summed E-state index contributed by atoms with van der Waals surface area (Å²) in [6, 6.07) is 7.94. The van der Waals surface area contributed by atoms with Crippen molar-refractivity contribution in [2.75, 3.05) is 18.4 Å². The Balaban J connectivity index is 1.58. The van der Waals surface area contributed by atoms with Gasteiger partial charge in [-0.1, -0.05) is 6.07 Å². The van der Waals surface area contributed by atoms with Gasteiger partial charge in [-0.2, -0.15) is 5.26 Å². The van der Waals surface area contributed by atoms with E-state index in [0.29, 0.717) is 24.1 Å². The molecule has 124 valence electrons. The third-order valence-electron chi connectivity index (χ3n) is 3.60. The molecule has 0 bridgehead atoms. The number of urea groups is 1. The molecule has 1 aromatic heterocycles. The molecule has 1 aliphatic carbocycles. The van der Waals surface area contributed by atoms with E-state index in [0.717, 1.165) is 6.54 Å². The molecule has 0 unspecified atom stereocenters. The Kier molecular flexibility index (Phi) is 4.72. The first-order chi connectivity index (χ1) is 11.7. The van der Waals surface area contributed by atoms with E-state index >= 15 is 0 Å². The molecule has 1 heterocycles. The topological polar surface area (TPSA) is 94.8 Å². The highest BCUT2D eigenvalue weighted by Gasteiger charge is 2.19. The lowest BCUT2D eigenvalue weighted by molar-refractivity contribution is 0.252. The van der Waals surface area contributed by atoms with Crippen LogP contribution in [0.15, 0.2) is 30.5 Å². The highest BCUT2D eigenvalue weighted by molar-refractivity contribution is 5.88. The number of amides is 2. The first-order valence-electron chi connectivity index (χ1n) is 7.70. The predicted octanol–water partition coefficient (Wildman–Crippen LogP) is 1.76. The third-order valence-corrected chi connectivity index (χ3v) is 3.60. The number of nitrogens with one attached hydrogen (secondary N) is 3. The molecule has 7 nitrogen and oxygen atoms in total. The molecule has 0 spiro atoms. The van der Waals surface area contributed by atoms with Gasteiger partial charge in [0.15, 0.2) is 5.82 Å². The molecule has 3 N–H and O–H groups in total. The van der Waals surface area contributed by atoms with Gasteiger partial charge < -0.3 is 10.6 Å². The third kappa shape index (κ3) is 3.88. The molecule has 0 radical (unpaired) electrons. The summed E-state index contributed by atoms with van der Waals surface area (Å²) in [6.07, 6.45) is 3.96. The van der Waals surface area contributed by atoms with Crippen LogP contribution in [0.4, 0.5) is 15.0 Å². The maximum Gasteiger partial charge on any atom is 0.320 e. The van der Waals surface area contributed by atoms with Gasteiger partial charge in [-0.25, -0.2) is 13.9 Å². The van der Waals surface area contributed by atoms with E-state index in [2.05, 4.69) is 21.0 Å². The Labute approximate surface area is 138 Å². The molecular formula is C16H17FN6O. The van der Waals surface area contributed by atoms with Crippen molar-refractivity contribution in [1.29, 1.82) is 5.26 Å². The molecule has 1 fully saturated rings. The van der Waals surface area contributed by atoms with Crippen LogP contribution in [0, 0.1) is 17.1 Å². The summed E-state index contributed by atoms with van der Waals surface area (Å²) in [5.74, 6) is -0.295. The number of halogens is 1. The second-order valence-corrected chi connectivity index (χ2v) is 5.50. The van der Waals surface area contributed by atoms with Crippen LogP contribution in [0.2, 0.25) is 0 Å². The summed E-state index contributed by atoms with van der Waals surface area (Å²) in [4.78, 5) is 11.8. The highest BCUT2D eigenvalue weighted by Crippen LogP contribution is 2.18. The van der Waals surface area contributed by atoms with Gasteiger partial charge in [0.05, 0.1) is 5.69 Å². The van der Waals surface area contributed by atoms with Crippen molar-refractivity contribution in [2.45, 2.75) is 18.9 Å². The number of hydrogen-bond donors (Lipinski definition) is 3. The minimum atomic E-state index is -0.610. The largest absolute Gasteiger partial charge is 0.337 e. The van der Waals surface area contributed by atoms with Gasteiger partial charge in [0.2, 0.25) is 0 Å². The summed E-state index contributed by atoms with van der Waals surface area (Å²) in [7, 11) is 0. The van der Waals surface area contributed by atoms with E-state index in [1.165, 1.54) is 29.7 Å². The van der Waals surface area contributed by atoms with Gasteiger partial charge in [-0.3, -0.25) is 5.32 Å². The van der Waals surface area contributed by atoms with E-state index in [1.807, 2.05) is 6.07 Å². The van der Waals surface area contributed by atoms with Crippen LogP contribution in [-0.2, 0) is 0 Å². The standard InChI is InChI=1S/C16H17FN6O/c17-13-2-1-3-14(12(13)10-18)23-9-6-15(22-23)21-16(24)20-8-7-19-11-4-5-11/h1-3,6,9,11,19H,4-5,7-8H2,(H2,20,21,22,24). The Morgan fingerprint density at radius 1 is 1.38 bits per heavy atom. The molecule has 1 aliphatic rings. The van der Waals surface area contributed by atoms with Gasteiger partial charge in [-0.15, -0.1) is 5.10 Å². The fourth-order valence-corrected chi connectivity index (χ4v) is 2.24.